The maximum atomic E-state index is 12.0. The predicted molar refractivity (Wildman–Crippen MR) is 126 cm³/mol. The Kier molecular flexibility index (Phi) is 7.43. The van der Waals surface area contributed by atoms with Crippen LogP contribution in [-0.4, -0.2) is 53.3 Å². The third-order valence-electron chi connectivity index (χ3n) is 6.47. The van der Waals surface area contributed by atoms with E-state index < -0.39 is 12.0 Å². The minimum Gasteiger partial charge on any atom is -0.480 e. The van der Waals surface area contributed by atoms with Gasteiger partial charge < -0.3 is 15.2 Å². The van der Waals surface area contributed by atoms with Gasteiger partial charge in [-0.1, -0.05) is 35.4 Å². The number of hydrogen-bond donors (Lipinski definition) is 2. The van der Waals surface area contributed by atoms with E-state index in [1.54, 1.807) is 0 Å². The third kappa shape index (κ3) is 5.67. The Morgan fingerprint density at radius 3 is 2.84 bits per heavy atom. The lowest BCUT2D eigenvalue weighted by atomic mass is 10.0. The summed E-state index contributed by atoms with van der Waals surface area (Å²) in [6.45, 7) is 7.18. The number of nitrogens with zero attached hydrogens (tertiary/aromatic N) is 2. The molecule has 0 bridgehead atoms. The largest absolute Gasteiger partial charge is 0.480 e. The fourth-order valence-corrected chi connectivity index (χ4v) is 4.97. The van der Waals surface area contributed by atoms with Crippen LogP contribution in [0.15, 0.2) is 30.3 Å². The number of carbonyl (C=O) groups is 1. The second kappa shape index (κ2) is 10.5. The zero-order chi connectivity index (χ0) is 22.5. The number of hydrogen-bond acceptors (Lipinski definition) is 5. The molecule has 4 rings (SSSR count). The number of ether oxygens (including phenoxy) is 1. The molecular weight excluding hydrogens is 402 g/mol. The average Bonchev–Trinajstić information content (AvgIpc) is 3.20. The quantitative estimate of drug-likeness (QED) is 0.570. The lowest BCUT2D eigenvalue weighted by molar-refractivity contribution is -0.143. The number of carboxylic acids is 1. The van der Waals surface area contributed by atoms with E-state index in [9.17, 15) is 9.90 Å². The predicted octanol–water partition coefficient (Wildman–Crippen LogP) is 4.30. The molecule has 2 N–H and O–H groups in total. The zero-order valence-corrected chi connectivity index (χ0v) is 19.3. The van der Waals surface area contributed by atoms with Crippen molar-refractivity contribution in [1.29, 1.82) is 0 Å². The summed E-state index contributed by atoms with van der Waals surface area (Å²) in [5.74, 6) is 0.274. The molecule has 6 heteroatoms. The van der Waals surface area contributed by atoms with Crippen molar-refractivity contribution in [2.24, 2.45) is 0 Å². The summed E-state index contributed by atoms with van der Waals surface area (Å²) in [5.41, 5.74) is 5.53. The van der Waals surface area contributed by atoms with Crippen molar-refractivity contribution < 1.29 is 14.6 Å². The second-order valence-corrected chi connectivity index (χ2v) is 9.24. The lowest BCUT2D eigenvalue weighted by Crippen LogP contribution is -2.33. The Bertz CT molecular complexity index is 926. The molecule has 1 fully saturated rings. The highest BCUT2D eigenvalue weighted by molar-refractivity contribution is 5.75. The molecule has 32 heavy (non-hydrogen) atoms. The minimum absolute atomic E-state index is 0.105. The van der Waals surface area contributed by atoms with E-state index in [4.69, 9.17) is 9.72 Å². The van der Waals surface area contributed by atoms with Gasteiger partial charge in [-0.15, -0.1) is 0 Å². The van der Waals surface area contributed by atoms with Crippen molar-refractivity contribution in [3.8, 4) is 0 Å². The molecule has 0 aliphatic carbocycles. The fraction of sp³-hybridized carbons (Fsp3) is 0.538. The van der Waals surface area contributed by atoms with Crippen LogP contribution in [0, 0.1) is 13.8 Å². The van der Waals surface area contributed by atoms with Crippen molar-refractivity contribution in [2.45, 2.75) is 64.5 Å². The third-order valence-corrected chi connectivity index (χ3v) is 6.47. The van der Waals surface area contributed by atoms with Crippen molar-refractivity contribution in [3.63, 3.8) is 0 Å². The molecule has 6 nitrogen and oxygen atoms in total. The summed E-state index contributed by atoms with van der Waals surface area (Å²) in [6.07, 6.45) is 6.28. The smallest absolute Gasteiger partial charge is 0.325 e. The number of nitrogens with one attached hydrogen (secondary N) is 1. The van der Waals surface area contributed by atoms with Gasteiger partial charge in [0.1, 0.15) is 11.9 Å². The summed E-state index contributed by atoms with van der Waals surface area (Å²) < 4.78 is 6.11. The van der Waals surface area contributed by atoms with Gasteiger partial charge in [-0.25, -0.2) is 4.98 Å². The average molecular weight is 438 g/mol. The standard InChI is InChI=1S/C26H35N3O3/c1-18-14-19(2)16-21(15-18)24(26(30)31)29-12-10-23(17-29)32-13-4-3-7-22-9-8-20-6-5-11-27-25(20)28-22/h8-9,14-16,23-24H,3-7,10-13,17H2,1-2H3,(H,27,28)(H,30,31). The Hall–Kier alpha value is -2.44. The molecule has 2 atom stereocenters. The number of aromatic nitrogens is 1. The highest BCUT2D eigenvalue weighted by Gasteiger charge is 2.34. The summed E-state index contributed by atoms with van der Waals surface area (Å²) in [5, 5.41) is 13.3. The molecule has 0 spiro atoms. The molecule has 3 heterocycles. The van der Waals surface area contributed by atoms with Gasteiger partial charge in [-0.3, -0.25) is 9.69 Å². The van der Waals surface area contributed by atoms with E-state index in [2.05, 4.69) is 23.5 Å². The molecule has 0 saturated carbocycles. The van der Waals surface area contributed by atoms with E-state index in [1.165, 1.54) is 12.0 Å². The molecule has 2 aliphatic heterocycles. The van der Waals surface area contributed by atoms with Crippen LogP contribution in [0.2, 0.25) is 0 Å². The summed E-state index contributed by atoms with van der Waals surface area (Å²) >= 11 is 0. The number of likely N-dealkylation sites (tertiary alicyclic amines) is 1. The van der Waals surface area contributed by atoms with Crippen LogP contribution in [0.25, 0.3) is 0 Å². The number of anilines is 1. The van der Waals surface area contributed by atoms with Crippen LogP contribution in [0.1, 0.15) is 59.7 Å². The van der Waals surface area contributed by atoms with E-state index in [0.29, 0.717) is 13.2 Å². The van der Waals surface area contributed by atoms with Crippen LogP contribution in [0.5, 0.6) is 0 Å². The summed E-state index contributed by atoms with van der Waals surface area (Å²) in [4.78, 5) is 18.9. The van der Waals surface area contributed by atoms with Crippen molar-refractivity contribution >= 4 is 11.8 Å². The Morgan fingerprint density at radius 2 is 2.06 bits per heavy atom. The highest BCUT2D eigenvalue weighted by atomic mass is 16.5. The van der Waals surface area contributed by atoms with Crippen molar-refractivity contribution in [2.75, 3.05) is 31.6 Å². The zero-order valence-electron chi connectivity index (χ0n) is 19.3. The number of pyridine rings is 1. The number of unbranched alkanes of at least 4 members (excludes halogenated alkanes) is 1. The van der Waals surface area contributed by atoms with Gasteiger partial charge in [-0.05, 0) is 69.6 Å². The van der Waals surface area contributed by atoms with Gasteiger partial charge in [0.2, 0.25) is 0 Å². The molecule has 2 aliphatic rings. The van der Waals surface area contributed by atoms with E-state index >= 15 is 0 Å². The van der Waals surface area contributed by atoms with E-state index in [1.807, 2.05) is 30.9 Å². The van der Waals surface area contributed by atoms with Crippen molar-refractivity contribution in [3.05, 3.63) is 58.3 Å². The molecule has 0 radical (unpaired) electrons. The van der Waals surface area contributed by atoms with Crippen molar-refractivity contribution in [1.82, 2.24) is 9.88 Å². The number of rotatable bonds is 9. The van der Waals surface area contributed by atoms with E-state index in [-0.39, 0.29) is 6.10 Å². The summed E-state index contributed by atoms with van der Waals surface area (Å²) in [7, 11) is 0. The highest BCUT2D eigenvalue weighted by Crippen LogP contribution is 2.28. The maximum absolute atomic E-state index is 12.0. The Labute approximate surface area is 191 Å². The van der Waals surface area contributed by atoms with Gasteiger partial charge >= 0.3 is 5.97 Å². The Morgan fingerprint density at radius 1 is 1.25 bits per heavy atom. The summed E-state index contributed by atoms with van der Waals surface area (Å²) in [6, 6.07) is 9.82. The van der Waals surface area contributed by atoms with Gasteiger partial charge in [0, 0.05) is 31.9 Å². The first-order valence-electron chi connectivity index (χ1n) is 11.9. The topological polar surface area (TPSA) is 74.7 Å². The monoisotopic (exact) mass is 437 g/mol. The van der Waals surface area contributed by atoms with Gasteiger partial charge in [0.05, 0.1) is 6.10 Å². The molecule has 2 unspecified atom stereocenters. The SMILES string of the molecule is Cc1cc(C)cc(C(C(=O)O)N2CCC(OCCCCc3ccc4c(n3)NCCC4)C2)c1. The number of aliphatic carboxylic acids is 1. The molecule has 1 aromatic carbocycles. The molecule has 1 aromatic heterocycles. The molecular formula is C26H35N3O3. The normalized spacial score (nSPS) is 19.4. The number of carboxylic acid groups (broad SMARTS) is 1. The van der Waals surface area contributed by atoms with E-state index in [0.717, 1.165) is 73.4 Å². The van der Waals surface area contributed by atoms with Crippen LogP contribution < -0.4 is 5.32 Å². The van der Waals surface area contributed by atoms with Gasteiger partial charge in [0.25, 0.3) is 0 Å². The van der Waals surface area contributed by atoms with Crippen LogP contribution in [0.4, 0.5) is 5.82 Å². The number of aryl methyl sites for hydroxylation is 4. The van der Waals surface area contributed by atoms with Crippen LogP contribution in [-0.2, 0) is 22.4 Å². The first kappa shape index (κ1) is 22.7. The number of fused-ring (bicyclic) bond motifs is 1. The Balaban J connectivity index is 1.22. The minimum atomic E-state index is -0.789. The van der Waals surface area contributed by atoms with Gasteiger partial charge in [-0.2, -0.15) is 0 Å². The fourth-order valence-electron chi connectivity index (χ4n) is 4.97. The van der Waals surface area contributed by atoms with Gasteiger partial charge in [0.15, 0.2) is 0 Å². The molecule has 172 valence electrons. The first-order chi connectivity index (χ1) is 15.5. The van der Waals surface area contributed by atoms with Crippen LogP contribution in [0.3, 0.4) is 0 Å². The molecule has 0 amide bonds. The first-order valence-corrected chi connectivity index (χ1v) is 11.9. The molecule has 2 aromatic rings. The lowest BCUT2D eigenvalue weighted by Gasteiger charge is -2.25. The van der Waals surface area contributed by atoms with Crippen LogP contribution >= 0.6 is 0 Å². The second-order valence-electron chi connectivity index (χ2n) is 9.24. The molecule has 1 saturated heterocycles. The maximum Gasteiger partial charge on any atom is 0.325 e. The number of benzene rings is 1.